The Morgan fingerprint density at radius 1 is 1.06 bits per heavy atom. The predicted molar refractivity (Wildman–Crippen MR) is 118 cm³/mol. The number of aliphatic hydroxyl groups is 5. The summed E-state index contributed by atoms with van der Waals surface area (Å²) in [5.74, 6) is -0.455. The summed E-state index contributed by atoms with van der Waals surface area (Å²) < 4.78 is 29.9. The van der Waals surface area contributed by atoms with Crippen LogP contribution in [0.4, 0.5) is 0 Å². The molecule has 0 aliphatic carbocycles. The van der Waals surface area contributed by atoms with Crippen LogP contribution in [0.25, 0.3) is 0 Å². The summed E-state index contributed by atoms with van der Waals surface area (Å²) in [4.78, 5) is 11.8. The van der Waals surface area contributed by atoms with E-state index in [0.717, 1.165) is 0 Å². The van der Waals surface area contributed by atoms with E-state index < -0.39 is 80.5 Å². The molecule has 10 atom stereocenters. The van der Waals surface area contributed by atoms with E-state index in [4.69, 9.17) is 23.7 Å². The SMILES string of the molecule is CCCO[C@@H]1O[C@H](CO)[C@@H](O[C@@H]2O[C@H](CO)[C@H](O)[C@H](OCc3cn(C)nn3)[C@H]2O)[C@H](O)[C@H]1NC(C)=O. The van der Waals surface area contributed by atoms with Crippen LogP contribution in [-0.2, 0) is 42.1 Å². The van der Waals surface area contributed by atoms with Crippen molar-refractivity contribution in [1.82, 2.24) is 20.3 Å². The highest BCUT2D eigenvalue weighted by molar-refractivity contribution is 5.73. The zero-order valence-electron chi connectivity index (χ0n) is 20.4. The maximum absolute atomic E-state index is 11.8. The van der Waals surface area contributed by atoms with Crippen LogP contribution >= 0.6 is 0 Å². The van der Waals surface area contributed by atoms with Gasteiger partial charge in [-0.15, -0.1) is 5.10 Å². The Labute approximate surface area is 207 Å². The second-order valence-electron chi connectivity index (χ2n) is 8.78. The Balaban J connectivity index is 1.77. The third-order valence-corrected chi connectivity index (χ3v) is 5.90. The van der Waals surface area contributed by atoms with Gasteiger partial charge in [0.25, 0.3) is 0 Å². The average molecular weight is 521 g/mol. The molecule has 6 N–H and O–H groups in total. The van der Waals surface area contributed by atoms with Crippen molar-refractivity contribution in [2.24, 2.45) is 7.05 Å². The molecule has 15 nitrogen and oxygen atoms in total. The number of hydrogen-bond acceptors (Lipinski definition) is 13. The second kappa shape index (κ2) is 13.1. The quantitative estimate of drug-likeness (QED) is 0.168. The van der Waals surface area contributed by atoms with Crippen molar-refractivity contribution in [3.05, 3.63) is 11.9 Å². The largest absolute Gasteiger partial charge is 0.394 e. The molecule has 0 unspecified atom stereocenters. The first-order chi connectivity index (χ1) is 17.2. The van der Waals surface area contributed by atoms with Crippen molar-refractivity contribution in [3.8, 4) is 0 Å². The molecule has 0 radical (unpaired) electrons. The van der Waals surface area contributed by atoms with E-state index in [1.807, 2.05) is 6.92 Å². The van der Waals surface area contributed by atoms with Gasteiger partial charge in [0.1, 0.15) is 54.5 Å². The number of hydrogen-bond donors (Lipinski definition) is 6. The van der Waals surface area contributed by atoms with Crippen LogP contribution in [-0.4, -0.2) is 128 Å². The summed E-state index contributed by atoms with van der Waals surface area (Å²) >= 11 is 0. The van der Waals surface area contributed by atoms with E-state index in [1.54, 1.807) is 13.2 Å². The third-order valence-electron chi connectivity index (χ3n) is 5.90. The number of aryl methyl sites for hydroxylation is 1. The molecule has 0 aromatic carbocycles. The predicted octanol–water partition coefficient (Wildman–Crippen LogP) is -3.47. The fourth-order valence-corrected chi connectivity index (χ4v) is 4.16. The van der Waals surface area contributed by atoms with Gasteiger partial charge in [-0.05, 0) is 6.42 Å². The van der Waals surface area contributed by atoms with E-state index in [2.05, 4.69) is 15.6 Å². The molecule has 2 aliphatic heterocycles. The monoisotopic (exact) mass is 520 g/mol. The molecule has 3 heterocycles. The molecule has 206 valence electrons. The van der Waals surface area contributed by atoms with E-state index >= 15 is 0 Å². The number of amides is 1. The smallest absolute Gasteiger partial charge is 0.217 e. The summed E-state index contributed by atoms with van der Waals surface area (Å²) in [5, 5.41) is 62.4. The Kier molecular flexibility index (Phi) is 10.5. The number of rotatable bonds is 11. The van der Waals surface area contributed by atoms with Gasteiger partial charge in [0.05, 0.1) is 26.0 Å². The van der Waals surface area contributed by atoms with Crippen molar-refractivity contribution in [2.45, 2.75) is 88.2 Å². The van der Waals surface area contributed by atoms with Crippen LogP contribution in [0.5, 0.6) is 0 Å². The third kappa shape index (κ3) is 6.74. The van der Waals surface area contributed by atoms with E-state index in [-0.39, 0.29) is 13.2 Å². The van der Waals surface area contributed by atoms with E-state index in [9.17, 15) is 30.3 Å². The lowest BCUT2D eigenvalue weighted by molar-refractivity contribution is -0.352. The first-order valence-corrected chi connectivity index (χ1v) is 11.8. The van der Waals surface area contributed by atoms with Gasteiger partial charge in [0.2, 0.25) is 5.91 Å². The standard InChI is InChI=1S/C21H36N4O11/c1-4-5-32-20-14(22-10(2)28)16(30)18(13(8-27)35-20)36-21-17(31)19(15(29)12(7-26)34-21)33-9-11-6-25(3)24-23-11/h6,12-21,26-27,29-31H,4-5,7-9H2,1-3H3,(H,22,28)/t12-,13-,14-,15+,16-,17-,18-,19+,20-,21+/m1/s1. The number of ether oxygens (including phenoxy) is 5. The van der Waals surface area contributed by atoms with Crippen LogP contribution in [0.3, 0.4) is 0 Å². The highest BCUT2D eigenvalue weighted by Gasteiger charge is 2.51. The lowest BCUT2D eigenvalue weighted by Crippen LogP contribution is -2.67. The lowest BCUT2D eigenvalue weighted by atomic mass is 9.95. The molecule has 2 fully saturated rings. The molecular formula is C21H36N4O11. The van der Waals surface area contributed by atoms with Crippen molar-refractivity contribution in [2.75, 3.05) is 19.8 Å². The maximum Gasteiger partial charge on any atom is 0.217 e. The molecule has 2 aliphatic rings. The summed E-state index contributed by atoms with van der Waals surface area (Å²) in [6, 6.07) is -1.05. The molecule has 0 bridgehead atoms. The highest BCUT2D eigenvalue weighted by Crippen LogP contribution is 2.31. The topological polar surface area (TPSA) is 207 Å². The van der Waals surface area contributed by atoms with Gasteiger partial charge in [0, 0.05) is 20.6 Å². The summed E-state index contributed by atoms with van der Waals surface area (Å²) in [5.41, 5.74) is 0.439. The molecule has 1 aromatic heterocycles. The summed E-state index contributed by atoms with van der Waals surface area (Å²) in [7, 11) is 1.67. The van der Waals surface area contributed by atoms with Crippen LogP contribution < -0.4 is 5.32 Å². The number of aliphatic hydroxyl groups excluding tert-OH is 5. The van der Waals surface area contributed by atoms with Crippen LogP contribution in [0.15, 0.2) is 6.20 Å². The molecule has 1 amide bonds. The zero-order valence-corrected chi connectivity index (χ0v) is 20.4. The van der Waals surface area contributed by atoms with Gasteiger partial charge in [-0.3, -0.25) is 9.48 Å². The van der Waals surface area contributed by atoms with Crippen molar-refractivity contribution < 1.29 is 54.0 Å². The molecule has 15 heteroatoms. The number of nitrogens with one attached hydrogen (secondary N) is 1. The van der Waals surface area contributed by atoms with Crippen molar-refractivity contribution in [3.63, 3.8) is 0 Å². The Hall–Kier alpha value is -1.79. The highest BCUT2D eigenvalue weighted by atomic mass is 16.7. The molecule has 36 heavy (non-hydrogen) atoms. The van der Waals surface area contributed by atoms with Gasteiger partial charge in [-0.1, -0.05) is 12.1 Å². The fraction of sp³-hybridized carbons (Fsp3) is 0.857. The van der Waals surface area contributed by atoms with Gasteiger partial charge in [0.15, 0.2) is 12.6 Å². The minimum atomic E-state index is -1.57. The van der Waals surface area contributed by atoms with E-state index in [0.29, 0.717) is 12.1 Å². The number of carbonyl (C=O) groups excluding carboxylic acids is 1. The van der Waals surface area contributed by atoms with Crippen molar-refractivity contribution in [1.29, 1.82) is 0 Å². The first kappa shape index (κ1) is 28.8. The van der Waals surface area contributed by atoms with Crippen LogP contribution in [0.2, 0.25) is 0 Å². The minimum Gasteiger partial charge on any atom is -0.394 e. The Bertz CT molecular complexity index is 830. The molecule has 1 aromatic rings. The van der Waals surface area contributed by atoms with Crippen LogP contribution in [0.1, 0.15) is 26.0 Å². The van der Waals surface area contributed by atoms with Crippen LogP contribution in [0, 0.1) is 0 Å². The molecule has 0 saturated carbocycles. The fourth-order valence-electron chi connectivity index (χ4n) is 4.16. The number of aromatic nitrogens is 3. The molecule has 3 rings (SSSR count). The first-order valence-electron chi connectivity index (χ1n) is 11.8. The average Bonchev–Trinajstić information content (AvgIpc) is 3.27. The van der Waals surface area contributed by atoms with E-state index in [1.165, 1.54) is 11.6 Å². The van der Waals surface area contributed by atoms with Gasteiger partial charge in [-0.25, -0.2) is 0 Å². The molecule has 0 spiro atoms. The Morgan fingerprint density at radius 2 is 1.75 bits per heavy atom. The summed E-state index contributed by atoms with van der Waals surface area (Å²) in [6.07, 6.45) is -9.59. The van der Waals surface area contributed by atoms with Crippen molar-refractivity contribution >= 4 is 5.91 Å². The summed E-state index contributed by atoms with van der Waals surface area (Å²) in [6.45, 7) is 2.11. The normalized spacial score (nSPS) is 37.1. The molecular weight excluding hydrogens is 484 g/mol. The molecule has 2 saturated heterocycles. The lowest BCUT2D eigenvalue weighted by Gasteiger charge is -2.47. The second-order valence-corrected chi connectivity index (χ2v) is 8.78. The maximum atomic E-state index is 11.8. The van der Waals surface area contributed by atoms with Gasteiger partial charge in [-0.2, -0.15) is 0 Å². The zero-order chi connectivity index (χ0) is 26.4. The number of nitrogens with zero attached hydrogens (tertiary/aromatic N) is 3. The van der Waals surface area contributed by atoms with Gasteiger partial charge >= 0.3 is 0 Å². The Morgan fingerprint density at radius 3 is 2.33 bits per heavy atom. The minimum absolute atomic E-state index is 0.104. The number of carbonyl (C=O) groups is 1. The van der Waals surface area contributed by atoms with Gasteiger partial charge < -0.3 is 54.5 Å².